The number of hydrogen-bond acceptors (Lipinski definition) is 2. The molecular formula is C20H33IN4. The summed E-state index contributed by atoms with van der Waals surface area (Å²) in [6, 6.07) is 8.92. The highest BCUT2D eigenvalue weighted by Crippen LogP contribution is 2.22. The average molecular weight is 456 g/mol. The van der Waals surface area contributed by atoms with Crippen LogP contribution >= 0.6 is 24.0 Å². The van der Waals surface area contributed by atoms with Gasteiger partial charge in [-0.25, -0.2) is 0 Å². The second kappa shape index (κ2) is 11.5. The molecule has 1 aromatic carbocycles. The SMILES string of the molecule is C=CCNC(=NC)NCc1ccc(CN2CC(C)CC(C)C2)cc1.I. The van der Waals surface area contributed by atoms with Crippen LogP contribution in [0.2, 0.25) is 0 Å². The summed E-state index contributed by atoms with van der Waals surface area (Å²) in [6.45, 7) is 13.4. The Morgan fingerprint density at radius 1 is 1.16 bits per heavy atom. The van der Waals surface area contributed by atoms with Crippen molar-refractivity contribution in [2.45, 2.75) is 33.4 Å². The molecule has 5 heteroatoms. The van der Waals surface area contributed by atoms with Gasteiger partial charge in [0.25, 0.3) is 0 Å². The van der Waals surface area contributed by atoms with Crippen molar-refractivity contribution >= 4 is 29.9 Å². The number of piperidine rings is 1. The molecule has 4 nitrogen and oxygen atoms in total. The monoisotopic (exact) mass is 456 g/mol. The molecule has 1 fully saturated rings. The van der Waals surface area contributed by atoms with Crippen LogP contribution in [0.15, 0.2) is 41.9 Å². The maximum Gasteiger partial charge on any atom is 0.191 e. The number of aliphatic imine (C=N–C) groups is 1. The lowest BCUT2D eigenvalue weighted by Gasteiger charge is -2.35. The Hall–Kier alpha value is -1.08. The molecule has 1 aliphatic heterocycles. The molecule has 0 spiro atoms. The lowest BCUT2D eigenvalue weighted by atomic mass is 9.91. The van der Waals surface area contributed by atoms with Gasteiger partial charge in [-0.15, -0.1) is 30.6 Å². The first-order valence-corrected chi connectivity index (χ1v) is 8.96. The van der Waals surface area contributed by atoms with Gasteiger partial charge in [0.05, 0.1) is 0 Å². The molecule has 0 radical (unpaired) electrons. The van der Waals surface area contributed by atoms with Crippen LogP contribution < -0.4 is 10.6 Å². The standard InChI is InChI=1S/C20H32N4.HI/c1-5-10-22-20(21-4)23-12-18-6-8-19(9-7-18)15-24-13-16(2)11-17(3)14-24;/h5-9,16-17H,1,10-15H2,2-4H3,(H2,21,22,23);1H. The maximum atomic E-state index is 4.19. The number of nitrogens with zero attached hydrogens (tertiary/aromatic N) is 2. The molecule has 0 aliphatic carbocycles. The van der Waals surface area contributed by atoms with Gasteiger partial charge in [0, 0.05) is 39.8 Å². The zero-order valence-electron chi connectivity index (χ0n) is 15.8. The topological polar surface area (TPSA) is 39.7 Å². The van der Waals surface area contributed by atoms with Crippen molar-refractivity contribution in [1.82, 2.24) is 15.5 Å². The lowest BCUT2D eigenvalue weighted by Crippen LogP contribution is -2.38. The van der Waals surface area contributed by atoms with Gasteiger partial charge in [-0.05, 0) is 29.4 Å². The van der Waals surface area contributed by atoms with Crippen molar-refractivity contribution in [3.63, 3.8) is 0 Å². The molecule has 2 unspecified atom stereocenters. The molecule has 25 heavy (non-hydrogen) atoms. The summed E-state index contributed by atoms with van der Waals surface area (Å²) in [5, 5.41) is 6.49. The normalized spacial score (nSPS) is 21.3. The Morgan fingerprint density at radius 3 is 2.32 bits per heavy atom. The zero-order chi connectivity index (χ0) is 17.4. The molecule has 2 N–H and O–H groups in total. The Balaban J connectivity index is 0.00000312. The summed E-state index contributed by atoms with van der Waals surface area (Å²) in [7, 11) is 1.78. The summed E-state index contributed by atoms with van der Waals surface area (Å²) in [5.41, 5.74) is 2.66. The van der Waals surface area contributed by atoms with Crippen molar-refractivity contribution in [3.05, 3.63) is 48.0 Å². The number of likely N-dealkylation sites (tertiary alicyclic amines) is 1. The van der Waals surface area contributed by atoms with E-state index in [0.29, 0.717) is 6.54 Å². The Kier molecular flexibility index (Phi) is 10.1. The van der Waals surface area contributed by atoms with Crippen molar-refractivity contribution < 1.29 is 0 Å². The Labute approximate surface area is 170 Å². The smallest absolute Gasteiger partial charge is 0.191 e. The maximum absolute atomic E-state index is 4.19. The first-order chi connectivity index (χ1) is 11.6. The number of rotatable bonds is 6. The number of halogens is 1. The fourth-order valence-corrected chi connectivity index (χ4v) is 3.52. The van der Waals surface area contributed by atoms with E-state index in [9.17, 15) is 0 Å². The van der Waals surface area contributed by atoms with Gasteiger partial charge in [-0.1, -0.05) is 44.2 Å². The zero-order valence-corrected chi connectivity index (χ0v) is 18.1. The lowest BCUT2D eigenvalue weighted by molar-refractivity contribution is 0.134. The van der Waals surface area contributed by atoms with Crippen LogP contribution in [0.4, 0.5) is 0 Å². The highest BCUT2D eigenvalue weighted by molar-refractivity contribution is 14.0. The van der Waals surface area contributed by atoms with E-state index in [4.69, 9.17) is 0 Å². The van der Waals surface area contributed by atoms with E-state index in [1.54, 1.807) is 7.05 Å². The van der Waals surface area contributed by atoms with E-state index in [1.807, 2.05) is 6.08 Å². The minimum atomic E-state index is 0. The second-order valence-electron chi connectivity index (χ2n) is 7.05. The second-order valence-corrected chi connectivity index (χ2v) is 7.05. The molecule has 140 valence electrons. The van der Waals surface area contributed by atoms with Gasteiger partial charge >= 0.3 is 0 Å². The summed E-state index contributed by atoms with van der Waals surface area (Å²) in [4.78, 5) is 6.78. The molecule has 1 saturated heterocycles. The van der Waals surface area contributed by atoms with E-state index < -0.39 is 0 Å². The molecule has 0 saturated carbocycles. The van der Waals surface area contributed by atoms with Gasteiger partial charge < -0.3 is 10.6 Å². The van der Waals surface area contributed by atoms with E-state index in [1.165, 1.54) is 30.6 Å². The van der Waals surface area contributed by atoms with Gasteiger partial charge in [0.1, 0.15) is 0 Å². The van der Waals surface area contributed by atoms with Crippen molar-refractivity contribution in [3.8, 4) is 0 Å². The third kappa shape index (κ3) is 7.77. The first kappa shape index (κ1) is 22.0. The van der Waals surface area contributed by atoms with E-state index in [-0.39, 0.29) is 24.0 Å². The van der Waals surface area contributed by atoms with Gasteiger partial charge in [-0.3, -0.25) is 9.89 Å². The highest BCUT2D eigenvalue weighted by atomic mass is 127. The van der Waals surface area contributed by atoms with Gasteiger partial charge in [0.15, 0.2) is 5.96 Å². The van der Waals surface area contributed by atoms with Gasteiger partial charge in [-0.2, -0.15) is 0 Å². The number of hydrogen-bond donors (Lipinski definition) is 2. The van der Waals surface area contributed by atoms with Crippen molar-refractivity contribution in [2.24, 2.45) is 16.8 Å². The molecule has 1 aliphatic rings. The van der Waals surface area contributed by atoms with E-state index in [0.717, 1.165) is 30.9 Å². The fourth-order valence-electron chi connectivity index (χ4n) is 3.52. The number of nitrogens with one attached hydrogen (secondary N) is 2. The van der Waals surface area contributed by atoms with Crippen LogP contribution in [0.25, 0.3) is 0 Å². The fraction of sp³-hybridized carbons (Fsp3) is 0.550. The van der Waals surface area contributed by atoms with Crippen LogP contribution in [-0.2, 0) is 13.1 Å². The molecule has 0 bridgehead atoms. The first-order valence-electron chi connectivity index (χ1n) is 8.96. The van der Waals surface area contributed by atoms with Crippen LogP contribution in [-0.4, -0.2) is 37.5 Å². The highest BCUT2D eigenvalue weighted by Gasteiger charge is 2.21. The quantitative estimate of drug-likeness (QED) is 0.297. The Bertz CT molecular complexity index is 531. The van der Waals surface area contributed by atoms with Crippen LogP contribution in [0.3, 0.4) is 0 Å². The van der Waals surface area contributed by atoms with Crippen molar-refractivity contribution in [2.75, 3.05) is 26.7 Å². The predicted octanol–water partition coefficient (Wildman–Crippen LogP) is 3.63. The summed E-state index contributed by atoms with van der Waals surface area (Å²) in [6.07, 6.45) is 3.19. The molecular weight excluding hydrogens is 423 g/mol. The van der Waals surface area contributed by atoms with Crippen LogP contribution in [0, 0.1) is 11.8 Å². The van der Waals surface area contributed by atoms with E-state index in [2.05, 4.69) is 65.2 Å². The summed E-state index contributed by atoms with van der Waals surface area (Å²) < 4.78 is 0. The van der Waals surface area contributed by atoms with Crippen LogP contribution in [0.1, 0.15) is 31.4 Å². The third-order valence-electron chi connectivity index (χ3n) is 4.47. The summed E-state index contributed by atoms with van der Waals surface area (Å²) in [5.74, 6) is 2.43. The minimum Gasteiger partial charge on any atom is -0.353 e. The van der Waals surface area contributed by atoms with Gasteiger partial charge in [0.2, 0.25) is 0 Å². The largest absolute Gasteiger partial charge is 0.353 e. The van der Waals surface area contributed by atoms with Crippen LogP contribution in [0.5, 0.6) is 0 Å². The minimum absolute atomic E-state index is 0. The average Bonchev–Trinajstić information content (AvgIpc) is 2.55. The van der Waals surface area contributed by atoms with Crippen molar-refractivity contribution in [1.29, 1.82) is 0 Å². The van der Waals surface area contributed by atoms with E-state index >= 15 is 0 Å². The molecule has 0 amide bonds. The number of guanidine groups is 1. The molecule has 1 heterocycles. The molecule has 2 atom stereocenters. The number of benzene rings is 1. The molecule has 0 aromatic heterocycles. The molecule has 2 rings (SSSR count). The third-order valence-corrected chi connectivity index (χ3v) is 4.47. The Morgan fingerprint density at radius 2 is 1.76 bits per heavy atom. The predicted molar refractivity (Wildman–Crippen MR) is 118 cm³/mol. The molecule has 1 aromatic rings. The summed E-state index contributed by atoms with van der Waals surface area (Å²) >= 11 is 0.